The number of rotatable bonds is 5. The van der Waals surface area contributed by atoms with Gasteiger partial charge in [-0.05, 0) is 42.4 Å². The maximum Gasteiger partial charge on any atom is 0.260 e. The van der Waals surface area contributed by atoms with Gasteiger partial charge in [0.1, 0.15) is 11.5 Å². The van der Waals surface area contributed by atoms with Crippen molar-refractivity contribution in [3.8, 4) is 23.0 Å². The van der Waals surface area contributed by atoms with Crippen molar-refractivity contribution in [1.82, 2.24) is 9.80 Å². The highest BCUT2D eigenvalue weighted by atomic mass is 16.7. The number of carbonyl (C=O) groups excluding carboxylic acids is 2. The average molecular weight is 436 g/mol. The number of Topliss-reactive ketones (excluding diaryl/α,β-unsaturated/α-hetero) is 1. The van der Waals surface area contributed by atoms with Crippen LogP contribution in [0.25, 0.3) is 6.08 Å². The number of allylic oxidation sites excluding steroid dienone is 1. The molecule has 5 rings (SSSR count). The van der Waals surface area contributed by atoms with Crippen molar-refractivity contribution in [3.05, 3.63) is 53.3 Å². The van der Waals surface area contributed by atoms with Gasteiger partial charge in [-0.2, -0.15) is 0 Å². The lowest BCUT2D eigenvalue weighted by Gasteiger charge is -2.33. The third-order valence-corrected chi connectivity index (χ3v) is 5.87. The standard InChI is InChI=1S/C24H24N2O6/c1-2-25-7-9-26(10-8-25)23(27)14-29-17-4-5-18-20(13-17)32-22(24(18)28)12-16-3-6-19-21(11-16)31-15-30-19/h3-6,11-13H,2,7-10,14-15H2,1H3. The van der Waals surface area contributed by atoms with E-state index in [2.05, 4.69) is 11.8 Å². The van der Waals surface area contributed by atoms with Crippen LogP contribution in [0.2, 0.25) is 0 Å². The Balaban J connectivity index is 1.23. The van der Waals surface area contributed by atoms with Gasteiger partial charge in [-0.3, -0.25) is 9.59 Å². The fourth-order valence-electron chi connectivity index (χ4n) is 3.96. The summed E-state index contributed by atoms with van der Waals surface area (Å²) in [4.78, 5) is 29.3. The number of ketones is 1. The molecule has 1 saturated heterocycles. The zero-order valence-electron chi connectivity index (χ0n) is 17.8. The van der Waals surface area contributed by atoms with Gasteiger partial charge in [-0.25, -0.2) is 0 Å². The Labute approximate surface area is 185 Å². The van der Waals surface area contributed by atoms with Gasteiger partial charge in [-0.1, -0.05) is 13.0 Å². The van der Waals surface area contributed by atoms with Crippen LogP contribution in [-0.4, -0.2) is 67.6 Å². The summed E-state index contributed by atoms with van der Waals surface area (Å²) in [5, 5.41) is 0. The SMILES string of the molecule is CCN1CCN(C(=O)COc2ccc3c(c2)OC(=Cc2ccc4c(c2)OCO4)C3=O)CC1. The zero-order valence-corrected chi connectivity index (χ0v) is 17.8. The topological polar surface area (TPSA) is 77.5 Å². The minimum atomic E-state index is -0.200. The van der Waals surface area contributed by atoms with Gasteiger partial charge < -0.3 is 28.7 Å². The largest absolute Gasteiger partial charge is 0.484 e. The molecule has 0 saturated carbocycles. The maximum absolute atomic E-state index is 12.7. The van der Waals surface area contributed by atoms with E-state index in [1.165, 1.54) is 0 Å². The van der Waals surface area contributed by atoms with Gasteiger partial charge >= 0.3 is 0 Å². The Morgan fingerprint density at radius 1 is 1.03 bits per heavy atom. The molecule has 0 N–H and O–H groups in total. The average Bonchev–Trinajstić information content (AvgIpc) is 3.41. The lowest BCUT2D eigenvalue weighted by molar-refractivity contribution is -0.135. The molecule has 0 aromatic heterocycles. The number of carbonyl (C=O) groups is 2. The summed E-state index contributed by atoms with van der Waals surface area (Å²) >= 11 is 0. The van der Waals surface area contributed by atoms with Gasteiger partial charge in [0.2, 0.25) is 12.6 Å². The number of ether oxygens (including phenoxy) is 4. The van der Waals surface area contributed by atoms with Crippen molar-refractivity contribution in [1.29, 1.82) is 0 Å². The Morgan fingerprint density at radius 3 is 2.66 bits per heavy atom. The molecule has 0 unspecified atom stereocenters. The van der Waals surface area contributed by atoms with E-state index < -0.39 is 0 Å². The number of likely N-dealkylation sites (N-methyl/N-ethyl adjacent to an activating group) is 1. The predicted molar refractivity (Wildman–Crippen MR) is 116 cm³/mol. The van der Waals surface area contributed by atoms with E-state index in [4.69, 9.17) is 18.9 Å². The van der Waals surface area contributed by atoms with E-state index >= 15 is 0 Å². The molecule has 8 heteroatoms. The van der Waals surface area contributed by atoms with Crippen LogP contribution in [0.4, 0.5) is 0 Å². The Kier molecular flexibility index (Phi) is 5.45. The molecule has 166 valence electrons. The highest BCUT2D eigenvalue weighted by Gasteiger charge is 2.28. The van der Waals surface area contributed by atoms with Crippen LogP contribution >= 0.6 is 0 Å². The summed E-state index contributed by atoms with van der Waals surface area (Å²) in [7, 11) is 0. The predicted octanol–water partition coefficient (Wildman–Crippen LogP) is 2.57. The zero-order chi connectivity index (χ0) is 22.1. The van der Waals surface area contributed by atoms with Crippen LogP contribution in [-0.2, 0) is 4.79 Å². The van der Waals surface area contributed by atoms with Crippen molar-refractivity contribution in [2.75, 3.05) is 46.1 Å². The van der Waals surface area contributed by atoms with Crippen LogP contribution < -0.4 is 18.9 Å². The summed E-state index contributed by atoms with van der Waals surface area (Å²) in [6, 6.07) is 10.4. The first kappa shape index (κ1) is 20.4. The molecule has 1 amide bonds. The highest BCUT2D eigenvalue weighted by molar-refractivity contribution is 6.14. The number of benzene rings is 2. The van der Waals surface area contributed by atoms with Crippen molar-refractivity contribution in [2.24, 2.45) is 0 Å². The second-order valence-electron chi connectivity index (χ2n) is 7.81. The van der Waals surface area contributed by atoms with E-state index in [-0.39, 0.29) is 30.8 Å². The van der Waals surface area contributed by atoms with E-state index in [0.29, 0.717) is 41.7 Å². The molecule has 3 aliphatic heterocycles. The van der Waals surface area contributed by atoms with E-state index in [1.807, 2.05) is 11.0 Å². The fraction of sp³-hybridized carbons (Fsp3) is 0.333. The molecule has 0 atom stereocenters. The van der Waals surface area contributed by atoms with Gasteiger partial charge in [0.15, 0.2) is 23.9 Å². The molecule has 0 radical (unpaired) electrons. The molecule has 0 bridgehead atoms. The summed E-state index contributed by atoms with van der Waals surface area (Å²) in [6.45, 7) is 6.46. The molecule has 3 aliphatic rings. The highest BCUT2D eigenvalue weighted by Crippen LogP contribution is 2.37. The van der Waals surface area contributed by atoms with Crippen molar-refractivity contribution < 1.29 is 28.5 Å². The monoisotopic (exact) mass is 436 g/mol. The molecule has 3 heterocycles. The first-order chi connectivity index (χ1) is 15.6. The van der Waals surface area contributed by atoms with Crippen LogP contribution in [0, 0.1) is 0 Å². The maximum atomic E-state index is 12.7. The summed E-state index contributed by atoms with van der Waals surface area (Å²) in [5.41, 5.74) is 1.24. The molecule has 32 heavy (non-hydrogen) atoms. The normalized spacial score (nSPS) is 18.6. The van der Waals surface area contributed by atoms with E-state index in [0.717, 1.165) is 25.2 Å². The van der Waals surface area contributed by atoms with Crippen molar-refractivity contribution in [3.63, 3.8) is 0 Å². The number of amides is 1. The number of nitrogens with zero attached hydrogens (tertiary/aromatic N) is 2. The first-order valence-electron chi connectivity index (χ1n) is 10.7. The molecule has 2 aromatic carbocycles. The van der Waals surface area contributed by atoms with E-state index in [9.17, 15) is 9.59 Å². The third-order valence-electron chi connectivity index (χ3n) is 5.87. The van der Waals surface area contributed by atoms with E-state index in [1.54, 1.807) is 36.4 Å². The van der Waals surface area contributed by atoms with Crippen molar-refractivity contribution in [2.45, 2.75) is 6.92 Å². The second kappa shape index (κ2) is 8.55. The third kappa shape index (κ3) is 4.01. The Bertz CT molecular complexity index is 1090. The fourth-order valence-corrected chi connectivity index (χ4v) is 3.96. The van der Waals surface area contributed by atoms with Crippen LogP contribution in [0.5, 0.6) is 23.0 Å². The lowest BCUT2D eigenvalue weighted by Crippen LogP contribution is -2.49. The molecule has 0 aliphatic carbocycles. The summed E-state index contributed by atoms with van der Waals surface area (Å²) < 4.78 is 22.2. The quantitative estimate of drug-likeness (QED) is 0.667. The smallest absolute Gasteiger partial charge is 0.260 e. The van der Waals surface area contributed by atoms with Gasteiger partial charge in [0.25, 0.3) is 5.91 Å². The van der Waals surface area contributed by atoms with Crippen LogP contribution in [0.3, 0.4) is 0 Å². The molecule has 1 fully saturated rings. The first-order valence-corrected chi connectivity index (χ1v) is 10.7. The molecular weight excluding hydrogens is 412 g/mol. The lowest BCUT2D eigenvalue weighted by atomic mass is 10.1. The number of piperazine rings is 1. The molecule has 2 aromatic rings. The minimum absolute atomic E-state index is 0.0401. The number of hydrogen-bond acceptors (Lipinski definition) is 7. The summed E-state index contributed by atoms with van der Waals surface area (Å²) in [5.74, 6) is 2.21. The van der Waals surface area contributed by atoms with Gasteiger partial charge in [0, 0.05) is 32.2 Å². The van der Waals surface area contributed by atoms with Crippen LogP contribution in [0.1, 0.15) is 22.8 Å². The number of fused-ring (bicyclic) bond motifs is 2. The van der Waals surface area contributed by atoms with Crippen molar-refractivity contribution >= 4 is 17.8 Å². The molecule has 0 spiro atoms. The van der Waals surface area contributed by atoms with Crippen LogP contribution in [0.15, 0.2) is 42.2 Å². The van der Waals surface area contributed by atoms with Gasteiger partial charge in [-0.15, -0.1) is 0 Å². The van der Waals surface area contributed by atoms with Gasteiger partial charge in [0.05, 0.1) is 5.56 Å². The second-order valence-corrected chi connectivity index (χ2v) is 7.81. The Morgan fingerprint density at radius 2 is 1.84 bits per heavy atom. The minimum Gasteiger partial charge on any atom is -0.484 e. The Hall–Kier alpha value is -3.52. The molecular formula is C24H24N2O6. The number of hydrogen-bond donors (Lipinski definition) is 0. The molecule has 8 nitrogen and oxygen atoms in total. The summed E-state index contributed by atoms with van der Waals surface area (Å²) in [6.07, 6.45) is 1.67.